The van der Waals surface area contributed by atoms with Gasteiger partial charge in [0.1, 0.15) is 6.10 Å². The Morgan fingerprint density at radius 3 is 2.29 bits per heavy atom. The summed E-state index contributed by atoms with van der Waals surface area (Å²) in [5.74, 6) is 0.906. The van der Waals surface area contributed by atoms with Crippen molar-refractivity contribution in [2.45, 2.75) is 38.3 Å². The molecule has 28 heavy (non-hydrogen) atoms. The summed E-state index contributed by atoms with van der Waals surface area (Å²) in [6.45, 7) is 4.21. The zero-order valence-corrected chi connectivity index (χ0v) is 16.2. The molecule has 0 amide bonds. The molecule has 1 aliphatic heterocycles. The Kier molecular flexibility index (Phi) is 4.16. The molecular formula is C25H24N2O. The zero-order valence-electron chi connectivity index (χ0n) is 16.2. The minimum absolute atomic E-state index is 0.0683. The first-order chi connectivity index (χ1) is 13.7. The highest BCUT2D eigenvalue weighted by atomic mass is 16.5. The topological polar surface area (TPSA) is 33.6 Å². The van der Waals surface area contributed by atoms with E-state index in [2.05, 4.69) is 92.1 Å². The number of nitrogens with one attached hydrogen (secondary N) is 1. The van der Waals surface area contributed by atoms with Gasteiger partial charge in [0.05, 0.1) is 6.04 Å². The Morgan fingerprint density at radius 2 is 1.54 bits per heavy atom. The maximum Gasteiger partial charge on any atom is 0.238 e. The minimum atomic E-state index is 0.0683. The summed E-state index contributed by atoms with van der Waals surface area (Å²) in [5.41, 5.74) is 11.0. The van der Waals surface area contributed by atoms with Gasteiger partial charge < -0.3 is 4.74 Å². The van der Waals surface area contributed by atoms with Crippen LogP contribution in [-0.2, 0) is 11.2 Å². The Balaban J connectivity index is 1.58. The molecule has 0 saturated carbocycles. The number of aryl methyl sites for hydroxylation is 2. The first-order valence-electron chi connectivity index (χ1n) is 9.90. The number of rotatable bonds is 2. The second-order valence-corrected chi connectivity index (χ2v) is 7.89. The van der Waals surface area contributed by atoms with Gasteiger partial charge in [-0.3, -0.25) is 5.43 Å². The van der Waals surface area contributed by atoms with E-state index in [0.29, 0.717) is 5.90 Å². The summed E-state index contributed by atoms with van der Waals surface area (Å²) >= 11 is 0. The fourth-order valence-electron chi connectivity index (χ4n) is 4.36. The highest BCUT2D eigenvalue weighted by Crippen LogP contribution is 2.44. The minimum Gasteiger partial charge on any atom is -0.472 e. The largest absolute Gasteiger partial charge is 0.472 e. The van der Waals surface area contributed by atoms with E-state index < -0.39 is 0 Å². The monoisotopic (exact) mass is 368 g/mol. The van der Waals surface area contributed by atoms with E-state index >= 15 is 0 Å². The van der Waals surface area contributed by atoms with Gasteiger partial charge in [-0.15, -0.1) is 5.10 Å². The molecule has 0 radical (unpaired) electrons. The molecule has 0 saturated heterocycles. The predicted molar refractivity (Wildman–Crippen MR) is 113 cm³/mol. The van der Waals surface area contributed by atoms with Gasteiger partial charge in [0.25, 0.3) is 0 Å². The van der Waals surface area contributed by atoms with E-state index in [0.717, 1.165) is 12.0 Å². The summed E-state index contributed by atoms with van der Waals surface area (Å²) in [6.07, 6.45) is 0.981. The van der Waals surface area contributed by atoms with Crippen molar-refractivity contribution in [3.05, 3.63) is 106 Å². The van der Waals surface area contributed by atoms with Crippen LogP contribution in [0.1, 0.15) is 45.3 Å². The third-order valence-corrected chi connectivity index (χ3v) is 5.90. The van der Waals surface area contributed by atoms with Gasteiger partial charge in [-0.05, 0) is 42.7 Å². The quantitative estimate of drug-likeness (QED) is 0.688. The zero-order chi connectivity index (χ0) is 19.1. The van der Waals surface area contributed by atoms with Gasteiger partial charge in [-0.1, -0.05) is 71.8 Å². The maximum atomic E-state index is 6.51. The van der Waals surface area contributed by atoms with Crippen LogP contribution in [-0.4, -0.2) is 12.0 Å². The Morgan fingerprint density at radius 1 is 0.857 bits per heavy atom. The maximum absolute atomic E-state index is 6.51. The van der Waals surface area contributed by atoms with Crippen LogP contribution in [0.25, 0.3) is 0 Å². The van der Waals surface area contributed by atoms with Crippen LogP contribution >= 0.6 is 0 Å². The molecule has 0 spiro atoms. The lowest BCUT2D eigenvalue weighted by atomic mass is 9.87. The SMILES string of the molecule is Cc1ccc(C2=NN[C@H](c3ccc(C)cc3)[C@H]3c4ccccc4C[C@@H]3O2)cc1. The fraction of sp³-hybridized carbons (Fsp3) is 0.240. The molecule has 3 atom stereocenters. The molecule has 140 valence electrons. The van der Waals surface area contributed by atoms with Gasteiger partial charge >= 0.3 is 0 Å². The van der Waals surface area contributed by atoms with Crippen molar-refractivity contribution in [1.29, 1.82) is 0 Å². The number of fused-ring (bicyclic) bond motifs is 3. The summed E-state index contributed by atoms with van der Waals surface area (Å²) in [5, 5.41) is 4.70. The van der Waals surface area contributed by atoms with Crippen molar-refractivity contribution in [3.8, 4) is 0 Å². The molecular weight excluding hydrogens is 344 g/mol. The lowest BCUT2D eigenvalue weighted by Gasteiger charge is -2.26. The van der Waals surface area contributed by atoms with E-state index in [1.54, 1.807) is 0 Å². The molecule has 3 aromatic carbocycles. The average Bonchev–Trinajstić information content (AvgIpc) is 2.96. The highest BCUT2D eigenvalue weighted by Gasteiger charge is 2.42. The van der Waals surface area contributed by atoms with Crippen LogP contribution in [0.5, 0.6) is 0 Å². The highest BCUT2D eigenvalue weighted by molar-refractivity contribution is 5.94. The summed E-state index contributed by atoms with van der Waals surface area (Å²) < 4.78 is 6.51. The molecule has 0 fully saturated rings. The Hall–Kier alpha value is -3.07. The van der Waals surface area contributed by atoms with Gasteiger partial charge in [-0.2, -0.15) is 0 Å². The predicted octanol–water partition coefficient (Wildman–Crippen LogP) is 5.03. The van der Waals surface area contributed by atoms with Crippen molar-refractivity contribution in [2.24, 2.45) is 5.10 Å². The molecule has 2 aliphatic rings. The summed E-state index contributed by atoms with van der Waals surface area (Å²) in [4.78, 5) is 0. The van der Waals surface area contributed by atoms with E-state index in [9.17, 15) is 0 Å². The molecule has 1 heterocycles. The fourth-order valence-corrected chi connectivity index (χ4v) is 4.36. The summed E-state index contributed by atoms with van der Waals surface area (Å²) in [6, 6.07) is 25.9. The lowest BCUT2D eigenvalue weighted by Crippen LogP contribution is -2.28. The van der Waals surface area contributed by atoms with Crippen LogP contribution in [0.2, 0.25) is 0 Å². The van der Waals surface area contributed by atoms with Crippen molar-refractivity contribution in [2.75, 3.05) is 0 Å². The van der Waals surface area contributed by atoms with Crippen molar-refractivity contribution >= 4 is 5.90 Å². The Bertz CT molecular complexity index is 1020. The molecule has 3 nitrogen and oxygen atoms in total. The van der Waals surface area contributed by atoms with Crippen LogP contribution in [0.15, 0.2) is 77.9 Å². The molecule has 0 unspecified atom stereocenters. The normalized spacial score (nSPS) is 22.9. The smallest absolute Gasteiger partial charge is 0.238 e. The number of hydrazone groups is 1. The second kappa shape index (κ2) is 6.83. The van der Waals surface area contributed by atoms with Gasteiger partial charge in [-0.25, -0.2) is 0 Å². The van der Waals surface area contributed by atoms with E-state index in [4.69, 9.17) is 9.84 Å². The molecule has 3 heteroatoms. The van der Waals surface area contributed by atoms with Gasteiger partial charge in [0.15, 0.2) is 0 Å². The average molecular weight is 368 g/mol. The molecule has 0 bridgehead atoms. The Labute approximate surface area is 166 Å². The number of benzene rings is 3. The van der Waals surface area contributed by atoms with Crippen LogP contribution in [0.3, 0.4) is 0 Å². The summed E-state index contributed by atoms with van der Waals surface area (Å²) in [7, 11) is 0. The van der Waals surface area contributed by atoms with Crippen molar-refractivity contribution < 1.29 is 4.74 Å². The molecule has 1 aliphatic carbocycles. The number of ether oxygens (including phenoxy) is 1. The number of hydrogen-bond donors (Lipinski definition) is 1. The van der Waals surface area contributed by atoms with Crippen LogP contribution in [0, 0.1) is 13.8 Å². The van der Waals surface area contributed by atoms with Crippen molar-refractivity contribution in [3.63, 3.8) is 0 Å². The van der Waals surface area contributed by atoms with Gasteiger partial charge in [0.2, 0.25) is 5.90 Å². The first kappa shape index (κ1) is 17.1. The van der Waals surface area contributed by atoms with Crippen molar-refractivity contribution in [1.82, 2.24) is 5.43 Å². The molecule has 0 aromatic heterocycles. The third kappa shape index (κ3) is 2.97. The molecule has 1 N–H and O–H groups in total. The lowest BCUT2D eigenvalue weighted by molar-refractivity contribution is 0.164. The third-order valence-electron chi connectivity index (χ3n) is 5.90. The molecule has 5 rings (SSSR count). The van der Waals surface area contributed by atoms with E-state index in [1.165, 1.54) is 27.8 Å². The second-order valence-electron chi connectivity index (χ2n) is 7.89. The van der Waals surface area contributed by atoms with E-state index in [-0.39, 0.29) is 18.1 Å². The van der Waals surface area contributed by atoms with Gasteiger partial charge in [0, 0.05) is 17.9 Å². The number of hydrogen-bond acceptors (Lipinski definition) is 3. The standard InChI is InChI=1S/C25H24N2O/c1-16-7-11-18(12-8-16)24-23-21-6-4-3-5-20(21)15-22(23)28-25(27-26-24)19-13-9-17(2)10-14-19/h3-14,22-24,26H,15H2,1-2H3/t22-,23-,24+/m0/s1. The molecule has 3 aromatic rings. The number of nitrogens with zero attached hydrogens (tertiary/aromatic N) is 1. The van der Waals surface area contributed by atoms with E-state index in [1.807, 2.05) is 0 Å². The first-order valence-corrected chi connectivity index (χ1v) is 9.90. The van der Waals surface area contributed by atoms with Crippen LogP contribution in [0.4, 0.5) is 0 Å². The van der Waals surface area contributed by atoms with Crippen LogP contribution < -0.4 is 5.43 Å².